The molecule has 1 aliphatic carbocycles. The molecule has 1 aromatic rings. The Labute approximate surface area is 123 Å². The molecule has 1 saturated carbocycles. The largest absolute Gasteiger partial charge is 0.497 e. The second kappa shape index (κ2) is 7.80. The number of ether oxygens (including phenoxy) is 1. The molecule has 0 bridgehead atoms. The Hall–Kier alpha value is -1.68. The van der Waals surface area contributed by atoms with Crippen molar-refractivity contribution in [2.24, 2.45) is 11.8 Å². The molecule has 0 saturated heterocycles. The number of methoxy groups -OCH3 is 1. The molecule has 1 heteroatoms. The summed E-state index contributed by atoms with van der Waals surface area (Å²) in [6, 6.07) is 7.87. The predicted molar refractivity (Wildman–Crippen MR) is 84.8 cm³/mol. The van der Waals surface area contributed by atoms with E-state index in [9.17, 15) is 0 Å². The van der Waals surface area contributed by atoms with Crippen LogP contribution >= 0.6 is 0 Å². The van der Waals surface area contributed by atoms with Crippen molar-refractivity contribution in [3.63, 3.8) is 0 Å². The maximum absolute atomic E-state index is 5.13. The molecule has 0 aliphatic heterocycles. The van der Waals surface area contributed by atoms with Crippen molar-refractivity contribution in [2.45, 2.75) is 39.0 Å². The normalized spacial score (nSPS) is 22.3. The lowest BCUT2D eigenvalue weighted by molar-refractivity contribution is 0.304. The van der Waals surface area contributed by atoms with Gasteiger partial charge in [-0.05, 0) is 67.9 Å². The fourth-order valence-corrected chi connectivity index (χ4v) is 2.77. The Kier molecular flexibility index (Phi) is 5.74. The molecule has 0 aromatic heterocycles. The van der Waals surface area contributed by atoms with E-state index in [-0.39, 0.29) is 0 Å². The summed E-state index contributed by atoms with van der Waals surface area (Å²) in [6.45, 7) is 2.31. The van der Waals surface area contributed by atoms with Crippen molar-refractivity contribution in [3.8, 4) is 17.6 Å². The van der Waals surface area contributed by atoms with Crippen LogP contribution in [0.2, 0.25) is 0 Å². The van der Waals surface area contributed by atoms with E-state index in [0.29, 0.717) is 0 Å². The zero-order valence-electron chi connectivity index (χ0n) is 12.6. The van der Waals surface area contributed by atoms with Crippen LogP contribution in [0.3, 0.4) is 0 Å². The Morgan fingerprint density at radius 1 is 1.15 bits per heavy atom. The van der Waals surface area contributed by atoms with Crippen molar-refractivity contribution < 1.29 is 4.74 Å². The molecule has 106 valence electrons. The Morgan fingerprint density at radius 2 is 1.85 bits per heavy atom. The maximum Gasteiger partial charge on any atom is 0.118 e. The smallest absolute Gasteiger partial charge is 0.118 e. The van der Waals surface area contributed by atoms with Crippen LogP contribution in [0.4, 0.5) is 0 Å². The monoisotopic (exact) mass is 268 g/mol. The lowest BCUT2D eigenvalue weighted by atomic mass is 9.81. The number of hydrogen-bond donors (Lipinski definition) is 0. The standard InChI is InChI=1S/C19H24O/c1-3-16-8-10-17(11-9-16)6-4-5-7-18-12-14-19(20-2)15-13-18/h4,6,12-17H,3,8-11H2,1-2H3/b6-4+. The summed E-state index contributed by atoms with van der Waals surface area (Å²) in [5.74, 6) is 8.88. The van der Waals surface area contributed by atoms with Crippen molar-refractivity contribution in [3.05, 3.63) is 42.0 Å². The van der Waals surface area contributed by atoms with Gasteiger partial charge in [-0.15, -0.1) is 0 Å². The topological polar surface area (TPSA) is 9.23 Å². The molecule has 20 heavy (non-hydrogen) atoms. The molecule has 1 fully saturated rings. The van der Waals surface area contributed by atoms with E-state index in [0.717, 1.165) is 23.1 Å². The van der Waals surface area contributed by atoms with E-state index in [1.165, 1.54) is 32.1 Å². The van der Waals surface area contributed by atoms with Gasteiger partial charge in [0.25, 0.3) is 0 Å². The number of allylic oxidation sites excluding steroid dienone is 2. The second-order valence-corrected chi connectivity index (χ2v) is 5.55. The van der Waals surface area contributed by atoms with E-state index >= 15 is 0 Å². The van der Waals surface area contributed by atoms with Gasteiger partial charge in [-0.1, -0.05) is 31.3 Å². The second-order valence-electron chi connectivity index (χ2n) is 5.55. The fraction of sp³-hybridized carbons (Fsp3) is 0.474. The zero-order chi connectivity index (χ0) is 14.2. The molecule has 0 N–H and O–H groups in total. The van der Waals surface area contributed by atoms with Crippen molar-refractivity contribution in [1.29, 1.82) is 0 Å². The molecule has 1 aromatic carbocycles. The summed E-state index contributed by atoms with van der Waals surface area (Å²) in [5.41, 5.74) is 1.03. The minimum Gasteiger partial charge on any atom is -0.497 e. The highest BCUT2D eigenvalue weighted by Crippen LogP contribution is 2.31. The van der Waals surface area contributed by atoms with Crippen LogP contribution in [0.5, 0.6) is 5.75 Å². The average Bonchev–Trinajstić information content (AvgIpc) is 2.53. The summed E-state index contributed by atoms with van der Waals surface area (Å²) in [6.07, 6.45) is 11.1. The first kappa shape index (κ1) is 14.7. The van der Waals surface area contributed by atoms with Gasteiger partial charge >= 0.3 is 0 Å². The first-order chi connectivity index (χ1) is 9.81. The van der Waals surface area contributed by atoms with E-state index in [2.05, 4.69) is 24.8 Å². The molecular weight excluding hydrogens is 244 g/mol. The van der Waals surface area contributed by atoms with Gasteiger partial charge < -0.3 is 4.74 Å². The van der Waals surface area contributed by atoms with E-state index in [1.54, 1.807) is 7.11 Å². The lowest BCUT2D eigenvalue weighted by Gasteiger charge is -2.25. The van der Waals surface area contributed by atoms with Crippen molar-refractivity contribution >= 4 is 0 Å². The first-order valence-corrected chi connectivity index (χ1v) is 7.64. The SMILES string of the molecule is CCC1CCC(/C=C/C#Cc2ccc(OC)cc2)CC1. The third-order valence-electron chi connectivity index (χ3n) is 4.23. The molecule has 0 radical (unpaired) electrons. The average molecular weight is 268 g/mol. The van der Waals surface area contributed by atoms with E-state index in [4.69, 9.17) is 4.74 Å². The van der Waals surface area contributed by atoms with Crippen LogP contribution in [0, 0.1) is 23.7 Å². The number of benzene rings is 1. The van der Waals surface area contributed by atoms with Crippen LogP contribution in [0.25, 0.3) is 0 Å². The quantitative estimate of drug-likeness (QED) is 0.714. The molecule has 1 nitrogen and oxygen atoms in total. The summed E-state index contributed by atoms with van der Waals surface area (Å²) in [5, 5.41) is 0. The summed E-state index contributed by atoms with van der Waals surface area (Å²) in [7, 11) is 1.68. The van der Waals surface area contributed by atoms with Gasteiger partial charge in [-0.2, -0.15) is 0 Å². The molecule has 0 amide bonds. The van der Waals surface area contributed by atoms with Crippen LogP contribution in [-0.2, 0) is 0 Å². The Morgan fingerprint density at radius 3 is 2.45 bits per heavy atom. The molecular formula is C19H24O. The Balaban J connectivity index is 1.82. The van der Waals surface area contributed by atoms with Crippen LogP contribution < -0.4 is 4.74 Å². The molecule has 0 atom stereocenters. The van der Waals surface area contributed by atoms with Crippen LogP contribution in [-0.4, -0.2) is 7.11 Å². The highest BCUT2D eigenvalue weighted by atomic mass is 16.5. The molecule has 0 spiro atoms. The maximum atomic E-state index is 5.13. The summed E-state index contributed by atoms with van der Waals surface area (Å²) < 4.78 is 5.13. The van der Waals surface area contributed by atoms with Gasteiger partial charge in [0, 0.05) is 5.56 Å². The van der Waals surface area contributed by atoms with Gasteiger partial charge in [0.05, 0.1) is 7.11 Å². The minimum atomic E-state index is 0.739. The lowest BCUT2D eigenvalue weighted by Crippen LogP contribution is -2.11. The first-order valence-electron chi connectivity index (χ1n) is 7.64. The van der Waals surface area contributed by atoms with Crippen molar-refractivity contribution in [1.82, 2.24) is 0 Å². The van der Waals surface area contributed by atoms with Gasteiger partial charge in [-0.3, -0.25) is 0 Å². The third kappa shape index (κ3) is 4.46. The predicted octanol–water partition coefficient (Wildman–Crippen LogP) is 4.82. The Bertz CT molecular complexity index is 479. The molecule has 1 aliphatic rings. The number of rotatable bonds is 3. The number of hydrogen-bond acceptors (Lipinski definition) is 1. The highest BCUT2D eigenvalue weighted by molar-refractivity contribution is 5.40. The summed E-state index contributed by atoms with van der Waals surface area (Å²) in [4.78, 5) is 0. The van der Waals surface area contributed by atoms with E-state index < -0.39 is 0 Å². The fourth-order valence-electron chi connectivity index (χ4n) is 2.77. The highest BCUT2D eigenvalue weighted by Gasteiger charge is 2.17. The molecule has 0 unspecified atom stereocenters. The molecule has 0 heterocycles. The summed E-state index contributed by atoms with van der Waals surface area (Å²) >= 11 is 0. The van der Waals surface area contributed by atoms with Gasteiger partial charge in [0.2, 0.25) is 0 Å². The van der Waals surface area contributed by atoms with Crippen LogP contribution in [0.15, 0.2) is 36.4 Å². The molecule has 2 rings (SSSR count). The van der Waals surface area contributed by atoms with Gasteiger partial charge in [0.1, 0.15) is 5.75 Å². The van der Waals surface area contributed by atoms with Crippen molar-refractivity contribution in [2.75, 3.05) is 7.11 Å². The van der Waals surface area contributed by atoms with Gasteiger partial charge in [-0.25, -0.2) is 0 Å². The third-order valence-corrected chi connectivity index (χ3v) is 4.23. The minimum absolute atomic E-state index is 0.739. The van der Waals surface area contributed by atoms with Crippen LogP contribution in [0.1, 0.15) is 44.6 Å². The zero-order valence-corrected chi connectivity index (χ0v) is 12.6. The van der Waals surface area contributed by atoms with E-state index in [1.807, 2.05) is 30.3 Å². The van der Waals surface area contributed by atoms with Gasteiger partial charge in [0.15, 0.2) is 0 Å².